The SMILES string of the molecule is CCOC(=O)CN=C1NC2CCCC2CS1. The summed E-state index contributed by atoms with van der Waals surface area (Å²) in [5, 5.41) is 4.33. The first-order valence-corrected chi connectivity index (χ1v) is 6.87. The van der Waals surface area contributed by atoms with Gasteiger partial charge in [0.25, 0.3) is 0 Å². The first-order valence-electron chi connectivity index (χ1n) is 5.89. The summed E-state index contributed by atoms with van der Waals surface area (Å²) < 4.78 is 4.84. The Morgan fingerprint density at radius 2 is 2.50 bits per heavy atom. The standard InChI is InChI=1S/C11H18N2O2S/c1-2-15-10(14)6-12-11-13-9-5-3-4-8(9)7-16-11/h8-9H,2-7H2,1H3,(H,12,13). The molecule has 90 valence electrons. The van der Waals surface area contributed by atoms with Gasteiger partial charge in [0.1, 0.15) is 6.54 Å². The van der Waals surface area contributed by atoms with E-state index in [1.807, 2.05) is 6.92 Å². The molecule has 1 aliphatic carbocycles. The number of nitrogens with one attached hydrogen (secondary N) is 1. The summed E-state index contributed by atoms with van der Waals surface area (Å²) in [5.74, 6) is 1.69. The van der Waals surface area contributed by atoms with Crippen molar-refractivity contribution >= 4 is 22.9 Å². The van der Waals surface area contributed by atoms with Crippen molar-refractivity contribution < 1.29 is 9.53 Å². The number of hydrogen-bond donors (Lipinski definition) is 1. The molecule has 2 atom stereocenters. The maximum absolute atomic E-state index is 11.1. The van der Waals surface area contributed by atoms with Crippen LogP contribution in [0.5, 0.6) is 0 Å². The number of aliphatic imine (C=N–C) groups is 1. The van der Waals surface area contributed by atoms with Crippen LogP contribution in [0.2, 0.25) is 0 Å². The van der Waals surface area contributed by atoms with Crippen molar-refractivity contribution in [1.82, 2.24) is 5.32 Å². The molecular weight excluding hydrogens is 224 g/mol. The molecule has 0 bridgehead atoms. The van der Waals surface area contributed by atoms with Crippen LogP contribution >= 0.6 is 11.8 Å². The second kappa shape index (κ2) is 5.57. The molecule has 1 aliphatic heterocycles. The second-order valence-electron chi connectivity index (χ2n) is 4.18. The molecule has 0 amide bonds. The quantitative estimate of drug-likeness (QED) is 0.760. The predicted octanol–water partition coefficient (Wildman–Crippen LogP) is 1.41. The van der Waals surface area contributed by atoms with E-state index in [0.29, 0.717) is 12.6 Å². The highest BCUT2D eigenvalue weighted by Gasteiger charge is 2.31. The maximum Gasteiger partial charge on any atom is 0.327 e. The first-order chi connectivity index (χ1) is 7.79. The summed E-state index contributed by atoms with van der Waals surface area (Å²) in [6.07, 6.45) is 3.88. The molecule has 2 aliphatic rings. The number of fused-ring (bicyclic) bond motifs is 1. The Hall–Kier alpha value is -0.710. The van der Waals surface area contributed by atoms with Gasteiger partial charge in [-0.3, -0.25) is 9.79 Å². The van der Waals surface area contributed by atoms with Crippen LogP contribution in [0.25, 0.3) is 0 Å². The lowest BCUT2D eigenvalue weighted by molar-refractivity contribution is -0.141. The Kier molecular flexibility index (Phi) is 4.09. The molecule has 16 heavy (non-hydrogen) atoms. The predicted molar refractivity (Wildman–Crippen MR) is 65.7 cm³/mol. The van der Waals surface area contributed by atoms with Gasteiger partial charge >= 0.3 is 5.97 Å². The zero-order chi connectivity index (χ0) is 11.4. The molecule has 2 unspecified atom stereocenters. The molecule has 1 saturated carbocycles. The lowest BCUT2D eigenvalue weighted by Crippen LogP contribution is -2.41. The Morgan fingerprint density at radius 3 is 3.31 bits per heavy atom. The highest BCUT2D eigenvalue weighted by molar-refractivity contribution is 8.13. The third-order valence-corrected chi connectivity index (χ3v) is 4.17. The molecule has 0 aromatic rings. The Labute approximate surface area is 100 Å². The summed E-state index contributed by atoms with van der Waals surface area (Å²) in [4.78, 5) is 15.4. The van der Waals surface area contributed by atoms with Crippen LogP contribution in [0.15, 0.2) is 4.99 Å². The third kappa shape index (κ3) is 2.90. The molecule has 4 nitrogen and oxygen atoms in total. The number of nitrogens with zero attached hydrogens (tertiary/aromatic N) is 1. The fraction of sp³-hybridized carbons (Fsp3) is 0.818. The van der Waals surface area contributed by atoms with E-state index in [0.717, 1.165) is 16.8 Å². The van der Waals surface area contributed by atoms with E-state index in [1.165, 1.54) is 19.3 Å². The number of carbonyl (C=O) groups is 1. The van der Waals surface area contributed by atoms with Crippen LogP contribution in [-0.4, -0.2) is 36.1 Å². The first kappa shape index (κ1) is 11.8. The van der Waals surface area contributed by atoms with E-state index in [9.17, 15) is 4.79 Å². The molecule has 1 N–H and O–H groups in total. The molecule has 2 fully saturated rings. The van der Waals surface area contributed by atoms with E-state index in [1.54, 1.807) is 11.8 Å². The van der Waals surface area contributed by atoms with Gasteiger partial charge in [-0.1, -0.05) is 18.2 Å². The minimum Gasteiger partial charge on any atom is -0.465 e. The topological polar surface area (TPSA) is 50.7 Å². The van der Waals surface area contributed by atoms with Crippen molar-refractivity contribution in [3.63, 3.8) is 0 Å². The molecule has 0 aromatic carbocycles. The lowest BCUT2D eigenvalue weighted by Gasteiger charge is -2.27. The number of esters is 1. The monoisotopic (exact) mass is 242 g/mol. The van der Waals surface area contributed by atoms with Crippen molar-refractivity contribution in [3.8, 4) is 0 Å². The highest BCUT2D eigenvalue weighted by Crippen LogP contribution is 2.32. The van der Waals surface area contributed by atoms with E-state index in [4.69, 9.17) is 4.74 Å². The van der Waals surface area contributed by atoms with Crippen LogP contribution < -0.4 is 5.32 Å². The maximum atomic E-state index is 11.1. The van der Waals surface area contributed by atoms with E-state index in [-0.39, 0.29) is 12.5 Å². The third-order valence-electron chi connectivity index (χ3n) is 3.06. The van der Waals surface area contributed by atoms with Crippen LogP contribution in [0.3, 0.4) is 0 Å². The molecule has 1 heterocycles. The van der Waals surface area contributed by atoms with Gasteiger partial charge in [-0.05, 0) is 25.7 Å². The van der Waals surface area contributed by atoms with Crippen LogP contribution in [0, 0.1) is 5.92 Å². The fourth-order valence-electron chi connectivity index (χ4n) is 2.25. The summed E-state index contributed by atoms with van der Waals surface area (Å²) >= 11 is 1.73. The van der Waals surface area contributed by atoms with Gasteiger partial charge in [0.05, 0.1) is 6.61 Å². The van der Waals surface area contributed by atoms with Gasteiger partial charge in [-0.2, -0.15) is 0 Å². The van der Waals surface area contributed by atoms with E-state index >= 15 is 0 Å². The number of carbonyl (C=O) groups excluding carboxylic acids is 1. The van der Waals surface area contributed by atoms with Crippen molar-refractivity contribution in [2.24, 2.45) is 10.9 Å². The highest BCUT2D eigenvalue weighted by atomic mass is 32.2. The van der Waals surface area contributed by atoms with Gasteiger partial charge in [0, 0.05) is 11.8 Å². The Bertz CT molecular complexity index is 294. The average molecular weight is 242 g/mol. The average Bonchev–Trinajstić information content (AvgIpc) is 2.74. The minimum absolute atomic E-state index is 0.139. The van der Waals surface area contributed by atoms with Gasteiger partial charge in [0.15, 0.2) is 5.17 Å². The van der Waals surface area contributed by atoms with Crippen LogP contribution in [-0.2, 0) is 9.53 Å². The second-order valence-corrected chi connectivity index (χ2v) is 5.19. The molecule has 0 radical (unpaired) electrons. The van der Waals surface area contributed by atoms with Gasteiger partial charge in [-0.15, -0.1) is 0 Å². The number of amidine groups is 1. The van der Waals surface area contributed by atoms with Crippen LogP contribution in [0.4, 0.5) is 0 Å². The van der Waals surface area contributed by atoms with Crippen molar-refractivity contribution in [3.05, 3.63) is 0 Å². The molecular formula is C11H18N2O2S. The zero-order valence-corrected chi connectivity index (χ0v) is 10.4. The van der Waals surface area contributed by atoms with Gasteiger partial charge < -0.3 is 10.1 Å². The number of rotatable bonds is 3. The lowest BCUT2D eigenvalue weighted by atomic mass is 10.1. The zero-order valence-electron chi connectivity index (χ0n) is 9.57. The molecule has 0 aromatic heterocycles. The van der Waals surface area contributed by atoms with Gasteiger partial charge in [-0.25, -0.2) is 0 Å². The van der Waals surface area contributed by atoms with Crippen molar-refractivity contribution in [1.29, 1.82) is 0 Å². The summed E-state index contributed by atoms with van der Waals surface area (Å²) in [6, 6.07) is 0.585. The van der Waals surface area contributed by atoms with Crippen molar-refractivity contribution in [2.45, 2.75) is 32.2 Å². The largest absolute Gasteiger partial charge is 0.465 e. The molecule has 1 saturated heterocycles. The number of hydrogen-bond acceptors (Lipinski definition) is 4. The normalized spacial score (nSPS) is 30.9. The van der Waals surface area contributed by atoms with Gasteiger partial charge in [0.2, 0.25) is 0 Å². The summed E-state index contributed by atoms with van der Waals surface area (Å²) in [6.45, 7) is 2.37. The molecule has 2 rings (SSSR count). The molecule has 5 heteroatoms. The van der Waals surface area contributed by atoms with E-state index < -0.39 is 0 Å². The minimum atomic E-state index is -0.244. The van der Waals surface area contributed by atoms with Crippen molar-refractivity contribution in [2.75, 3.05) is 18.9 Å². The smallest absolute Gasteiger partial charge is 0.327 e. The van der Waals surface area contributed by atoms with Crippen LogP contribution in [0.1, 0.15) is 26.2 Å². The Balaban J connectivity index is 1.81. The van der Waals surface area contributed by atoms with E-state index in [2.05, 4.69) is 10.3 Å². The Morgan fingerprint density at radius 1 is 1.62 bits per heavy atom. The molecule has 0 spiro atoms. The summed E-state index contributed by atoms with van der Waals surface area (Å²) in [7, 11) is 0. The number of ether oxygens (including phenoxy) is 1. The fourth-order valence-corrected chi connectivity index (χ4v) is 3.41. The number of thioether (sulfide) groups is 1. The summed E-state index contributed by atoms with van der Waals surface area (Å²) in [5.41, 5.74) is 0.